The number of pyridine rings is 1. The molecule has 0 unspecified atom stereocenters. The second kappa shape index (κ2) is 7.19. The van der Waals surface area contributed by atoms with E-state index >= 15 is 0 Å². The summed E-state index contributed by atoms with van der Waals surface area (Å²) in [5.74, 6) is 0.674. The number of nitrogens with one attached hydrogen (secondary N) is 2. The zero-order valence-corrected chi connectivity index (χ0v) is 12.0. The van der Waals surface area contributed by atoms with Gasteiger partial charge in [0.25, 0.3) is 0 Å². The maximum atomic E-state index is 5.25. The average molecular weight is 276 g/mol. The quantitative estimate of drug-likeness (QED) is 0.506. The highest BCUT2D eigenvalue weighted by atomic mass is 32.1. The van der Waals surface area contributed by atoms with Crippen molar-refractivity contribution in [2.24, 2.45) is 11.0 Å². The fourth-order valence-electron chi connectivity index (χ4n) is 2.34. The summed E-state index contributed by atoms with van der Waals surface area (Å²) in [4.78, 5) is 4.15. The van der Waals surface area contributed by atoms with Crippen molar-refractivity contribution in [2.75, 3.05) is 0 Å². The SMILES string of the molecule is C[C@@H]1CCCC[C@@H]1NC(=S)N/N=C\c1ccccn1. The molecule has 2 N–H and O–H groups in total. The number of thiocarbonyl (C=S) groups is 1. The summed E-state index contributed by atoms with van der Waals surface area (Å²) < 4.78 is 0. The first-order valence-corrected chi connectivity index (χ1v) is 7.17. The van der Waals surface area contributed by atoms with E-state index in [4.69, 9.17) is 12.2 Å². The molecule has 1 aromatic rings. The summed E-state index contributed by atoms with van der Waals surface area (Å²) in [6.07, 6.45) is 8.48. The van der Waals surface area contributed by atoms with Crippen LogP contribution in [-0.4, -0.2) is 22.4 Å². The summed E-state index contributed by atoms with van der Waals surface area (Å²) in [5.41, 5.74) is 3.66. The van der Waals surface area contributed by atoms with E-state index in [2.05, 4.69) is 27.8 Å². The van der Waals surface area contributed by atoms with E-state index in [1.165, 1.54) is 25.7 Å². The van der Waals surface area contributed by atoms with Crippen molar-refractivity contribution in [1.29, 1.82) is 0 Å². The van der Waals surface area contributed by atoms with E-state index in [0.717, 1.165) is 5.69 Å². The first kappa shape index (κ1) is 13.9. The molecule has 0 radical (unpaired) electrons. The summed E-state index contributed by atoms with van der Waals surface area (Å²) in [6, 6.07) is 6.17. The number of nitrogens with zero attached hydrogens (tertiary/aromatic N) is 2. The molecular formula is C14H20N4S. The molecule has 0 aliphatic heterocycles. The topological polar surface area (TPSA) is 49.3 Å². The molecule has 2 rings (SSSR count). The van der Waals surface area contributed by atoms with Gasteiger partial charge >= 0.3 is 0 Å². The van der Waals surface area contributed by atoms with Gasteiger partial charge in [-0.3, -0.25) is 10.4 Å². The van der Waals surface area contributed by atoms with Gasteiger partial charge < -0.3 is 5.32 Å². The van der Waals surface area contributed by atoms with Gasteiger partial charge in [0, 0.05) is 12.2 Å². The molecule has 0 aromatic carbocycles. The molecule has 4 nitrogen and oxygen atoms in total. The zero-order valence-electron chi connectivity index (χ0n) is 11.2. The lowest BCUT2D eigenvalue weighted by Gasteiger charge is -2.30. The highest BCUT2D eigenvalue weighted by Gasteiger charge is 2.21. The highest BCUT2D eigenvalue weighted by Crippen LogP contribution is 2.23. The van der Waals surface area contributed by atoms with Crippen molar-refractivity contribution in [3.63, 3.8) is 0 Å². The number of hydrazone groups is 1. The number of rotatable bonds is 3. The minimum absolute atomic E-state index is 0.471. The molecule has 2 atom stereocenters. The van der Waals surface area contributed by atoms with Crippen LogP contribution in [0.5, 0.6) is 0 Å². The molecule has 102 valence electrons. The lowest BCUT2D eigenvalue weighted by Crippen LogP contribution is -2.44. The first-order valence-electron chi connectivity index (χ1n) is 6.76. The van der Waals surface area contributed by atoms with E-state index in [1.54, 1.807) is 12.4 Å². The molecule has 1 aliphatic carbocycles. The van der Waals surface area contributed by atoms with Gasteiger partial charge in [0.2, 0.25) is 0 Å². The van der Waals surface area contributed by atoms with Crippen molar-refractivity contribution >= 4 is 23.5 Å². The van der Waals surface area contributed by atoms with Crippen molar-refractivity contribution in [3.05, 3.63) is 30.1 Å². The average Bonchev–Trinajstić information content (AvgIpc) is 2.43. The van der Waals surface area contributed by atoms with E-state index in [9.17, 15) is 0 Å². The molecule has 1 fully saturated rings. The largest absolute Gasteiger partial charge is 0.358 e. The molecule has 0 bridgehead atoms. The van der Waals surface area contributed by atoms with Crippen LogP contribution in [0.3, 0.4) is 0 Å². The molecule has 1 saturated carbocycles. The Bertz CT molecular complexity index is 432. The Morgan fingerprint density at radius 3 is 3.00 bits per heavy atom. The summed E-state index contributed by atoms with van der Waals surface area (Å²) in [5, 5.41) is 8.02. The summed E-state index contributed by atoms with van der Waals surface area (Å²) in [7, 11) is 0. The van der Waals surface area contributed by atoms with Crippen LogP contribution in [-0.2, 0) is 0 Å². The van der Waals surface area contributed by atoms with Crippen molar-refractivity contribution in [2.45, 2.75) is 38.6 Å². The standard InChI is InChI=1S/C14H20N4S/c1-11-6-2-3-8-13(11)17-14(19)18-16-10-12-7-4-5-9-15-12/h4-5,7,9-11,13H,2-3,6,8H2,1H3,(H2,17,18,19)/b16-10-/t11-,13+/m1/s1. The van der Waals surface area contributed by atoms with Crippen LogP contribution < -0.4 is 10.7 Å². The third kappa shape index (κ3) is 4.59. The van der Waals surface area contributed by atoms with Crippen molar-refractivity contribution < 1.29 is 0 Å². The smallest absolute Gasteiger partial charge is 0.187 e. The van der Waals surface area contributed by atoms with E-state index < -0.39 is 0 Å². The lowest BCUT2D eigenvalue weighted by atomic mass is 9.86. The van der Waals surface area contributed by atoms with Gasteiger partial charge in [0.15, 0.2) is 5.11 Å². The second-order valence-electron chi connectivity index (χ2n) is 4.97. The monoisotopic (exact) mass is 276 g/mol. The minimum atomic E-state index is 0.471. The van der Waals surface area contributed by atoms with Gasteiger partial charge in [-0.1, -0.05) is 25.8 Å². The molecular weight excluding hydrogens is 256 g/mol. The summed E-state index contributed by atoms with van der Waals surface area (Å²) >= 11 is 5.25. The van der Waals surface area contributed by atoms with Crippen LogP contribution >= 0.6 is 12.2 Å². The lowest BCUT2D eigenvalue weighted by molar-refractivity contribution is 0.308. The number of hydrogen-bond donors (Lipinski definition) is 2. The van der Waals surface area contributed by atoms with E-state index in [1.807, 2.05) is 18.2 Å². The van der Waals surface area contributed by atoms with Gasteiger partial charge in [0.1, 0.15) is 0 Å². The van der Waals surface area contributed by atoms with Gasteiger partial charge in [-0.25, -0.2) is 0 Å². The molecule has 0 saturated heterocycles. The molecule has 19 heavy (non-hydrogen) atoms. The Kier molecular flexibility index (Phi) is 5.27. The number of aromatic nitrogens is 1. The zero-order chi connectivity index (χ0) is 13.5. The van der Waals surface area contributed by atoms with Crippen LogP contribution in [0.1, 0.15) is 38.3 Å². The van der Waals surface area contributed by atoms with Crippen molar-refractivity contribution in [3.8, 4) is 0 Å². The minimum Gasteiger partial charge on any atom is -0.358 e. The molecule has 1 aromatic heterocycles. The van der Waals surface area contributed by atoms with Gasteiger partial charge in [-0.05, 0) is 43.1 Å². The summed E-state index contributed by atoms with van der Waals surface area (Å²) in [6.45, 7) is 2.27. The van der Waals surface area contributed by atoms with Gasteiger partial charge in [-0.15, -0.1) is 0 Å². The Balaban J connectivity index is 1.77. The normalized spacial score (nSPS) is 23.2. The van der Waals surface area contributed by atoms with Crippen LogP contribution in [0.4, 0.5) is 0 Å². The maximum Gasteiger partial charge on any atom is 0.187 e. The Labute approximate surface area is 119 Å². The Hall–Kier alpha value is -1.49. The third-order valence-corrected chi connectivity index (χ3v) is 3.69. The molecule has 5 heteroatoms. The molecule has 0 amide bonds. The van der Waals surface area contributed by atoms with Crippen LogP contribution in [0.15, 0.2) is 29.5 Å². The Morgan fingerprint density at radius 2 is 2.26 bits per heavy atom. The van der Waals surface area contributed by atoms with Crippen LogP contribution in [0.25, 0.3) is 0 Å². The van der Waals surface area contributed by atoms with Crippen molar-refractivity contribution in [1.82, 2.24) is 15.7 Å². The maximum absolute atomic E-state index is 5.25. The molecule has 1 aliphatic rings. The predicted octanol–water partition coefficient (Wildman–Crippen LogP) is 2.46. The molecule has 0 spiro atoms. The highest BCUT2D eigenvalue weighted by molar-refractivity contribution is 7.80. The van der Waals surface area contributed by atoms with Crippen LogP contribution in [0.2, 0.25) is 0 Å². The van der Waals surface area contributed by atoms with Gasteiger partial charge in [-0.2, -0.15) is 5.10 Å². The first-order chi connectivity index (χ1) is 9.25. The van der Waals surface area contributed by atoms with E-state index in [0.29, 0.717) is 17.1 Å². The third-order valence-electron chi connectivity index (χ3n) is 3.48. The van der Waals surface area contributed by atoms with Crippen LogP contribution in [0, 0.1) is 5.92 Å². The predicted molar refractivity (Wildman–Crippen MR) is 82.1 cm³/mol. The Morgan fingerprint density at radius 1 is 1.42 bits per heavy atom. The number of hydrogen-bond acceptors (Lipinski definition) is 3. The second-order valence-corrected chi connectivity index (χ2v) is 5.37. The fraction of sp³-hybridized carbons (Fsp3) is 0.500. The van der Waals surface area contributed by atoms with Gasteiger partial charge in [0.05, 0.1) is 11.9 Å². The molecule has 1 heterocycles. The fourth-order valence-corrected chi connectivity index (χ4v) is 2.54. The van der Waals surface area contributed by atoms with E-state index in [-0.39, 0.29) is 0 Å².